The van der Waals surface area contributed by atoms with Crippen LogP contribution in [0.15, 0.2) is 0 Å². The zero-order chi connectivity index (χ0) is 10.7. The molecule has 1 aromatic rings. The van der Waals surface area contributed by atoms with Gasteiger partial charge in [0, 0.05) is 0 Å². The van der Waals surface area contributed by atoms with Crippen molar-refractivity contribution in [3.63, 3.8) is 0 Å². The molecule has 0 aliphatic heterocycles. The fraction of sp³-hybridized carbons (Fsp3) is 0.625. The third-order valence-electron chi connectivity index (χ3n) is 1.78. The van der Waals surface area contributed by atoms with Crippen molar-refractivity contribution in [1.29, 1.82) is 0 Å². The topological polar surface area (TPSA) is 80.9 Å². The molecule has 1 aromatic heterocycles. The molecule has 86 valence electrons. The van der Waals surface area contributed by atoms with E-state index in [1.165, 1.54) is 11.3 Å². The minimum absolute atomic E-state index is 0. The van der Waals surface area contributed by atoms with Gasteiger partial charge >= 0.3 is 0 Å². The van der Waals surface area contributed by atoms with Crippen molar-refractivity contribution in [2.24, 2.45) is 11.7 Å². The van der Waals surface area contributed by atoms with Crippen LogP contribution in [-0.2, 0) is 4.79 Å². The van der Waals surface area contributed by atoms with Crippen LogP contribution in [0, 0.1) is 12.8 Å². The fourth-order valence-electron chi connectivity index (χ4n) is 0.839. The summed E-state index contributed by atoms with van der Waals surface area (Å²) < 4.78 is 0. The number of hydrogen-bond acceptors (Lipinski definition) is 5. The maximum Gasteiger partial charge on any atom is 0.243 e. The minimum atomic E-state index is -0.501. The third-order valence-corrected chi connectivity index (χ3v) is 2.53. The summed E-state index contributed by atoms with van der Waals surface area (Å²) in [6.07, 6.45) is 0. The Bertz CT molecular complexity index is 328. The molecule has 0 unspecified atom stereocenters. The van der Waals surface area contributed by atoms with E-state index >= 15 is 0 Å². The minimum Gasteiger partial charge on any atom is -0.320 e. The summed E-state index contributed by atoms with van der Waals surface area (Å²) in [5.41, 5.74) is 5.66. The molecule has 1 heterocycles. The lowest BCUT2D eigenvalue weighted by atomic mass is 10.1. The van der Waals surface area contributed by atoms with Crippen LogP contribution in [0.1, 0.15) is 18.9 Å². The highest BCUT2D eigenvalue weighted by molar-refractivity contribution is 7.15. The molecule has 0 aromatic carbocycles. The van der Waals surface area contributed by atoms with E-state index in [0.717, 1.165) is 5.01 Å². The van der Waals surface area contributed by atoms with Crippen molar-refractivity contribution in [2.45, 2.75) is 26.8 Å². The first-order valence-electron chi connectivity index (χ1n) is 4.37. The molecule has 1 amide bonds. The van der Waals surface area contributed by atoms with Crippen molar-refractivity contribution >= 4 is 34.8 Å². The van der Waals surface area contributed by atoms with Gasteiger partial charge in [0.15, 0.2) is 0 Å². The molecule has 0 saturated heterocycles. The molecule has 0 spiro atoms. The van der Waals surface area contributed by atoms with E-state index in [0.29, 0.717) is 5.13 Å². The van der Waals surface area contributed by atoms with Crippen LogP contribution >= 0.6 is 23.7 Å². The van der Waals surface area contributed by atoms with Gasteiger partial charge in [-0.2, -0.15) is 0 Å². The standard InChI is InChI=1S/C8H14N4OS.ClH/c1-4(2)6(9)7(13)10-8-12-11-5(3)14-8;/h4,6H,9H2,1-3H3,(H,10,12,13);1H/t6-;/m0./s1. The van der Waals surface area contributed by atoms with Crippen molar-refractivity contribution < 1.29 is 4.79 Å². The number of hydrogen-bond donors (Lipinski definition) is 2. The van der Waals surface area contributed by atoms with Gasteiger partial charge in [-0.05, 0) is 12.8 Å². The molecule has 3 N–H and O–H groups in total. The molecule has 7 heteroatoms. The first-order chi connectivity index (χ1) is 6.50. The molecular formula is C8H15ClN4OS. The van der Waals surface area contributed by atoms with Crippen LogP contribution in [-0.4, -0.2) is 22.1 Å². The molecule has 1 rings (SSSR count). The fourth-order valence-corrected chi connectivity index (χ4v) is 1.43. The predicted octanol–water partition coefficient (Wildman–Crippen LogP) is 1.19. The smallest absolute Gasteiger partial charge is 0.243 e. The summed E-state index contributed by atoms with van der Waals surface area (Å²) in [5.74, 6) is -0.0971. The van der Waals surface area contributed by atoms with Crippen LogP contribution in [0.5, 0.6) is 0 Å². The second-order valence-electron chi connectivity index (χ2n) is 3.39. The van der Waals surface area contributed by atoms with Crippen molar-refractivity contribution in [3.05, 3.63) is 5.01 Å². The molecular weight excluding hydrogens is 236 g/mol. The number of anilines is 1. The predicted molar refractivity (Wildman–Crippen MR) is 63.3 cm³/mol. The Balaban J connectivity index is 0.00000196. The number of carbonyl (C=O) groups excluding carboxylic acids is 1. The van der Waals surface area contributed by atoms with Crippen LogP contribution < -0.4 is 11.1 Å². The number of aryl methyl sites for hydroxylation is 1. The van der Waals surface area contributed by atoms with E-state index in [2.05, 4.69) is 15.5 Å². The summed E-state index contributed by atoms with van der Waals surface area (Å²) in [6.45, 7) is 5.63. The average Bonchev–Trinajstić information content (AvgIpc) is 2.49. The van der Waals surface area contributed by atoms with E-state index in [-0.39, 0.29) is 24.2 Å². The van der Waals surface area contributed by atoms with Crippen LogP contribution in [0.2, 0.25) is 0 Å². The maximum absolute atomic E-state index is 11.5. The number of carbonyl (C=O) groups is 1. The Hall–Kier alpha value is -0.720. The second-order valence-corrected chi connectivity index (χ2v) is 4.57. The van der Waals surface area contributed by atoms with Crippen molar-refractivity contribution in [3.8, 4) is 0 Å². The van der Waals surface area contributed by atoms with Crippen molar-refractivity contribution in [2.75, 3.05) is 5.32 Å². The SMILES string of the molecule is Cc1nnc(NC(=O)[C@@H](N)C(C)C)s1.Cl. The Morgan fingerprint density at radius 2 is 2.07 bits per heavy atom. The normalized spacial score (nSPS) is 12.1. The number of aromatic nitrogens is 2. The summed E-state index contributed by atoms with van der Waals surface area (Å²) >= 11 is 1.34. The highest BCUT2D eigenvalue weighted by Crippen LogP contribution is 2.14. The van der Waals surface area contributed by atoms with Gasteiger partial charge in [-0.3, -0.25) is 10.1 Å². The van der Waals surface area contributed by atoms with E-state index in [9.17, 15) is 4.79 Å². The lowest BCUT2D eigenvalue weighted by Gasteiger charge is -2.13. The van der Waals surface area contributed by atoms with E-state index in [1.54, 1.807) is 0 Å². The monoisotopic (exact) mass is 250 g/mol. The Labute approximate surface area is 98.9 Å². The Morgan fingerprint density at radius 1 is 1.47 bits per heavy atom. The van der Waals surface area contributed by atoms with Gasteiger partial charge in [0.05, 0.1) is 6.04 Å². The van der Waals surface area contributed by atoms with Gasteiger partial charge in [-0.15, -0.1) is 22.6 Å². The van der Waals surface area contributed by atoms with Gasteiger partial charge in [0.25, 0.3) is 0 Å². The first kappa shape index (κ1) is 14.3. The molecule has 0 bridgehead atoms. The van der Waals surface area contributed by atoms with Gasteiger partial charge in [0.2, 0.25) is 11.0 Å². The third kappa shape index (κ3) is 4.11. The van der Waals surface area contributed by atoms with Crippen LogP contribution in [0.25, 0.3) is 0 Å². The van der Waals surface area contributed by atoms with Gasteiger partial charge in [-0.25, -0.2) is 0 Å². The summed E-state index contributed by atoms with van der Waals surface area (Å²) in [4.78, 5) is 11.5. The number of nitrogens with one attached hydrogen (secondary N) is 1. The molecule has 0 aliphatic rings. The van der Waals surface area contributed by atoms with Gasteiger partial charge in [-0.1, -0.05) is 25.2 Å². The molecule has 0 fully saturated rings. The molecule has 0 aliphatic carbocycles. The van der Waals surface area contributed by atoms with E-state index in [1.807, 2.05) is 20.8 Å². The molecule has 5 nitrogen and oxygen atoms in total. The van der Waals surface area contributed by atoms with Gasteiger partial charge < -0.3 is 5.73 Å². The zero-order valence-electron chi connectivity index (χ0n) is 8.85. The second kappa shape index (κ2) is 5.99. The van der Waals surface area contributed by atoms with Crippen LogP contribution in [0.3, 0.4) is 0 Å². The molecule has 0 radical (unpaired) electrons. The maximum atomic E-state index is 11.5. The van der Waals surface area contributed by atoms with E-state index < -0.39 is 6.04 Å². The summed E-state index contributed by atoms with van der Waals surface area (Å²) in [6, 6.07) is -0.501. The number of amides is 1. The highest BCUT2D eigenvalue weighted by Gasteiger charge is 2.18. The lowest BCUT2D eigenvalue weighted by Crippen LogP contribution is -2.39. The zero-order valence-corrected chi connectivity index (χ0v) is 10.5. The molecule has 0 saturated carbocycles. The Morgan fingerprint density at radius 3 is 2.47 bits per heavy atom. The highest BCUT2D eigenvalue weighted by atomic mass is 35.5. The van der Waals surface area contributed by atoms with Crippen LogP contribution in [0.4, 0.5) is 5.13 Å². The summed E-state index contributed by atoms with van der Waals surface area (Å²) in [5, 5.41) is 11.5. The molecule has 1 atom stereocenters. The van der Waals surface area contributed by atoms with Crippen molar-refractivity contribution in [1.82, 2.24) is 10.2 Å². The number of nitrogens with zero attached hydrogens (tertiary/aromatic N) is 2. The summed E-state index contributed by atoms with van der Waals surface area (Å²) in [7, 11) is 0. The number of halogens is 1. The quantitative estimate of drug-likeness (QED) is 0.845. The average molecular weight is 251 g/mol. The first-order valence-corrected chi connectivity index (χ1v) is 5.19. The van der Waals surface area contributed by atoms with E-state index in [4.69, 9.17) is 5.73 Å². The largest absolute Gasteiger partial charge is 0.320 e. The number of rotatable bonds is 3. The number of nitrogens with two attached hydrogens (primary N) is 1. The van der Waals surface area contributed by atoms with Gasteiger partial charge in [0.1, 0.15) is 5.01 Å². The molecule has 15 heavy (non-hydrogen) atoms. The lowest BCUT2D eigenvalue weighted by molar-refractivity contribution is -0.118. The Kier molecular flexibility index (Phi) is 5.71.